The van der Waals surface area contributed by atoms with E-state index in [2.05, 4.69) is 60.2 Å². The summed E-state index contributed by atoms with van der Waals surface area (Å²) in [5, 5.41) is 3.59. The molecule has 0 bridgehead atoms. The summed E-state index contributed by atoms with van der Waals surface area (Å²) in [6, 6.07) is 7.21. The van der Waals surface area contributed by atoms with Gasteiger partial charge in [-0.05, 0) is 43.1 Å². The van der Waals surface area contributed by atoms with E-state index in [4.69, 9.17) is 0 Å². The highest BCUT2D eigenvalue weighted by Crippen LogP contribution is 2.24. The van der Waals surface area contributed by atoms with Gasteiger partial charge in [-0.3, -0.25) is 0 Å². The Morgan fingerprint density at radius 1 is 1.18 bits per heavy atom. The smallest absolute Gasteiger partial charge is 0.0320 e. The van der Waals surface area contributed by atoms with Gasteiger partial charge in [0.1, 0.15) is 0 Å². The van der Waals surface area contributed by atoms with E-state index in [-0.39, 0.29) is 0 Å². The third kappa shape index (κ3) is 5.22. The molecule has 1 aromatic carbocycles. The van der Waals surface area contributed by atoms with Crippen molar-refractivity contribution in [3.63, 3.8) is 0 Å². The van der Waals surface area contributed by atoms with Gasteiger partial charge in [0.2, 0.25) is 0 Å². The minimum absolute atomic E-state index is 0.503. The van der Waals surface area contributed by atoms with Crippen molar-refractivity contribution in [2.45, 2.75) is 52.5 Å². The number of benzene rings is 1. The van der Waals surface area contributed by atoms with Gasteiger partial charge in [-0.2, -0.15) is 0 Å². The lowest BCUT2D eigenvalue weighted by atomic mass is 9.99. The second-order valence-electron chi connectivity index (χ2n) is 4.67. The molecule has 1 rings (SSSR count). The van der Waals surface area contributed by atoms with Crippen LogP contribution in [0.15, 0.2) is 22.7 Å². The molecule has 0 aliphatic carbocycles. The highest BCUT2D eigenvalue weighted by molar-refractivity contribution is 9.10. The molecule has 1 atom stereocenters. The van der Waals surface area contributed by atoms with Crippen molar-refractivity contribution in [2.75, 3.05) is 6.54 Å². The van der Waals surface area contributed by atoms with Crippen LogP contribution < -0.4 is 5.32 Å². The zero-order valence-corrected chi connectivity index (χ0v) is 12.8. The van der Waals surface area contributed by atoms with Crippen molar-refractivity contribution >= 4 is 15.9 Å². The van der Waals surface area contributed by atoms with E-state index in [1.165, 1.54) is 41.3 Å². The molecule has 0 aliphatic heterocycles. The summed E-state index contributed by atoms with van der Waals surface area (Å²) < 4.78 is 1.19. The summed E-state index contributed by atoms with van der Waals surface area (Å²) in [6.45, 7) is 7.62. The molecular weight excluding hydrogens is 274 g/mol. The molecule has 1 unspecified atom stereocenters. The average molecular weight is 298 g/mol. The second-order valence-corrected chi connectivity index (χ2v) is 5.58. The number of aryl methyl sites for hydroxylation is 1. The van der Waals surface area contributed by atoms with E-state index in [0.29, 0.717) is 6.04 Å². The first-order valence-corrected chi connectivity index (χ1v) is 7.47. The van der Waals surface area contributed by atoms with Crippen molar-refractivity contribution in [1.29, 1.82) is 0 Å². The van der Waals surface area contributed by atoms with Gasteiger partial charge in [0, 0.05) is 10.5 Å². The van der Waals surface area contributed by atoms with Crippen LogP contribution >= 0.6 is 15.9 Å². The number of hydrogen-bond acceptors (Lipinski definition) is 1. The van der Waals surface area contributed by atoms with Crippen molar-refractivity contribution in [2.24, 2.45) is 0 Å². The van der Waals surface area contributed by atoms with Crippen LogP contribution in [0, 0.1) is 6.92 Å². The molecule has 1 aromatic rings. The molecule has 0 heterocycles. The standard InChI is InChI=1S/C15H24BrN/c1-4-6-7-8-15(17-5-2)13-9-12(3)10-14(16)11-13/h9-11,15,17H,4-8H2,1-3H3. The predicted molar refractivity (Wildman–Crippen MR) is 79.4 cm³/mol. The molecule has 1 N–H and O–H groups in total. The number of hydrogen-bond donors (Lipinski definition) is 1. The summed E-state index contributed by atoms with van der Waals surface area (Å²) in [6.07, 6.45) is 5.16. The molecule has 0 spiro atoms. The highest BCUT2D eigenvalue weighted by Gasteiger charge is 2.10. The number of nitrogens with one attached hydrogen (secondary N) is 1. The largest absolute Gasteiger partial charge is 0.310 e. The maximum absolute atomic E-state index is 3.59. The Labute approximate surface area is 114 Å². The third-order valence-electron chi connectivity index (χ3n) is 3.01. The van der Waals surface area contributed by atoms with Crippen LogP contribution in [-0.2, 0) is 0 Å². The van der Waals surface area contributed by atoms with Crippen molar-refractivity contribution in [3.05, 3.63) is 33.8 Å². The zero-order chi connectivity index (χ0) is 12.7. The second kappa shape index (κ2) is 7.88. The fourth-order valence-corrected chi connectivity index (χ4v) is 2.82. The Balaban J connectivity index is 2.73. The molecule has 2 heteroatoms. The number of halogens is 1. The molecule has 0 amide bonds. The van der Waals surface area contributed by atoms with Gasteiger partial charge in [0.05, 0.1) is 0 Å². The molecule has 0 saturated carbocycles. The summed E-state index contributed by atoms with van der Waals surface area (Å²) in [5.41, 5.74) is 2.74. The normalized spacial score (nSPS) is 12.7. The van der Waals surface area contributed by atoms with Gasteiger partial charge < -0.3 is 5.32 Å². The van der Waals surface area contributed by atoms with Crippen molar-refractivity contribution < 1.29 is 0 Å². The van der Waals surface area contributed by atoms with Crippen LogP contribution in [0.4, 0.5) is 0 Å². The van der Waals surface area contributed by atoms with Crippen molar-refractivity contribution in [3.8, 4) is 0 Å². The van der Waals surface area contributed by atoms with Crippen LogP contribution in [0.5, 0.6) is 0 Å². The fraction of sp³-hybridized carbons (Fsp3) is 0.600. The van der Waals surface area contributed by atoms with E-state index < -0.39 is 0 Å². The Morgan fingerprint density at radius 2 is 1.94 bits per heavy atom. The zero-order valence-electron chi connectivity index (χ0n) is 11.2. The first-order chi connectivity index (χ1) is 8.17. The Kier molecular flexibility index (Phi) is 6.83. The van der Waals surface area contributed by atoms with Crippen LogP contribution in [-0.4, -0.2) is 6.54 Å². The quantitative estimate of drug-likeness (QED) is 0.699. The lowest BCUT2D eigenvalue weighted by Gasteiger charge is -2.19. The Hall–Kier alpha value is -0.340. The van der Waals surface area contributed by atoms with Gasteiger partial charge in [-0.25, -0.2) is 0 Å². The molecular formula is C15H24BrN. The summed E-state index contributed by atoms with van der Waals surface area (Å²) >= 11 is 3.59. The fourth-order valence-electron chi connectivity index (χ4n) is 2.20. The van der Waals surface area contributed by atoms with Crippen molar-refractivity contribution in [1.82, 2.24) is 5.32 Å². The Bertz CT molecular complexity index is 315. The van der Waals surface area contributed by atoms with Crippen LogP contribution in [0.2, 0.25) is 0 Å². The predicted octanol–water partition coefficient (Wildman–Crippen LogP) is 4.99. The minimum Gasteiger partial charge on any atom is -0.310 e. The number of rotatable bonds is 7. The first kappa shape index (κ1) is 14.7. The van der Waals surface area contributed by atoms with Gasteiger partial charge in [-0.15, -0.1) is 0 Å². The van der Waals surface area contributed by atoms with Crippen LogP contribution in [0.1, 0.15) is 56.7 Å². The summed E-state index contributed by atoms with van der Waals surface area (Å²) in [4.78, 5) is 0. The van der Waals surface area contributed by atoms with Gasteiger partial charge in [0.15, 0.2) is 0 Å². The van der Waals surface area contributed by atoms with E-state index in [1.807, 2.05) is 0 Å². The monoisotopic (exact) mass is 297 g/mol. The molecule has 0 radical (unpaired) electrons. The highest BCUT2D eigenvalue weighted by atomic mass is 79.9. The van der Waals surface area contributed by atoms with Gasteiger partial charge >= 0.3 is 0 Å². The summed E-state index contributed by atoms with van der Waals surface area (Å²) in [7, 11) is 0. The molecule has 17 heavy (non-hydrogen) atoms. The van der Waals surface area contributed by atoms with E-state index in [1.54, 1.807) is 0 Å². The molecule has 0 fully saturated rings. The van der Waals surface area contributed by atoms with E-state index in [9.17, 15) is 0 Å². The van der Waals surface area contributed by atoms with E-state index >= 15 is 0 Å². The number of unbranched alkanes of at least 4 members (excludes halogenated alkanes) is 2. The first-order valence-electron chi connectivity index (χ1n) is 6.67. The lowest BCUT2D eigenvalue weighted by Crippen LogP contribution is -2.21. The SMILES string of the molecule is CCCCCC(NCC)c1cc(C)cc(Br)c1. The maximum Gasteiger partial charge on any atom is 0.0320 e. The minimum atomic E-state index is 0.503. The van der Waals surface area contributed by atoms with Gasteiger partial charge in [-0.1, -0.05) is 55.1 Å². The van der Waals surface area contributed by atoms with Crippen LogP contribution in [0.25, 0.3) is 0 Å². The van der Waals surface area contributed by atoms with Gasteiger partial charge in [0.25, 0.3) is 0 Å². The average Bonchev–Trinajstić information content (AvgIpc) is 2.27. The maximum atomic E-state index is 3.59. The molecule has 0 aromatic heterocycles. The molecule has 96 valence electrons. The van der Waals surface area contributed by atoms with E-state index in [0.717, 1.165) is 6.54 Å². The lowest BCUT2D eigenvalue weighted by molar-refractivity contribution is 0.486. The molecule has 0 saturated heterocycles. The van der Waals surface area contributed by atoms with Crippen LogP contribution in [0.3, 0.4) is 0 Å². The molecule has 1 nitrogen and oxygen atoms in total. The Morgan fingerprint density at radius 3 is 2.53 bits per heavy atom. The summed E-state index contributed by atoms with van der Waals surface area (Å²) in [5.74, 6) is 0. The topological polar surface area (TPSA) is 12.0 Å². The molecule has 0 aliphatic rings. The third-order valence-corrected chi connectivity index (χ3v) is 3.47.